The van der Waals surface area contributed by atoms with E-state index in [-0.39, 0.29) is 6.04 Å². The van der Waals surface area contributed by atoms with Crippen molar-refractivity contribution in [2.24, 2.45) is 0 Å². The van der Waals surface area contributed by atoms with E-state index in [1.54, 1.807) is 14.0 Å². The fraction of sp³-hybridized carbons (Fsp3) is 0.571. The predicted molar refractivity (Wildman–Crippen MR) is 67.1 cm³/mol. The number of methoxy groups -OCH3 is 1. The summed E-state index contributed by atoms with van der Waals surface area (Å²) in [5, 5.41) is 3.34. The monoisotopic (exact) mass is 237 g/mol. The number of halogens is 1. The van der Waals surface area contributed by atoms with Crippen molar-refractivity contribution < 1.29 is 9.13 Å². The molecule has 0 amide bonds. The van der Waals surface area contributed by atoms with Gasteiger partial charge in [0.15, 0.2) is 0 Å². The van der Waals surface area contributed by atoms with Crippen molar-refractivity contribution in [3.63, 3.8) is 0 Å². The summed E-state index contributed by atoms with van der Waals surface area (Å²) in [5.74, 6) is 0.635. The lowest BCUT2D eigenvalue weighted by molar-refractivity contribution is 0.154. The van der Waals surface area contributed by atoms with Crippen molar-refractivity contribution in [2.75, 3.05) is 13.7 Å². The van der Waals surface area contributed by atoms with Crippen molar-refractivity contribution in [3.05, 3.63) is 29.8 Å². The van der Waals surface area contributed by atoms with Gasteiger partial charge >= 0.3 is 0 Å². The highest BCUT2D eigenvalue weighted by molar-refractivity contribution is 5.37. The molecule has 2 atom stereocenters. The lowest BCUT2D eigenvalue weighted by atomic mass is 9.89. The molecule has 1 aromatic rings. The third kappa shape index (κ3) is 2.78. The SMILES string of the molecule is COc1ccccc1C(C)(F)CC1CCCN1. The molecule has 2 unspecified atom stereocenters. The van der Waals surface area contributed by atoms with Crippen LogP contribution in [0.5, 0.6) is 5.75 Å². The molecule has 0 aliphatic carbocycles. The molecule has 0 aromatic heterocycles. The van der Waals surface area contributed by atoms with E-state index < -0.39 is 5.67 Å². The van der Waals surface area contributed by atoms with Crippen LogP contribution >= 0.6 is 0 Å². The van der Waals surface area contributed by atoms with Crippen LogP contribution in [0, 0.1) is 0 Å². The standard InChI is InChI=1S/C14H20FNO/c1-14(15,10-11-6-5-9-16-11)12-7-3-4-8-13(12)17-2/h3-4,7-8,11,16H,5-6,9-10H2,1-2H3. The smallest absolute Gasteiger partial charge is 0.138 e. The number of nitrogens with one attached hydrogen (secondary N) is 1. The van der Waals surface area contributed by atoms with Crippen molar-refractivity contribution in [1.82, 2.24) is 5.32 Å². The average Bonchev–Trinajstić information content (AvgIpc) is 2.81. The zero-order valence-electron chi connectivity index (χ0n) is 10.5. The minimum atomic E-state index is -1.34. The Bertz CT molecular complexity index is 372. The Labute approximate surface area is 102 Å². The number of hydrogen-bond acceptors (Lipinski definition) is 2. The van der Waals surface area contributed by atoms with E-state index in [4.69, 9.17) is 4.74 Å². The highest BCUT2D eigenvalue weighted by Crippen LogP contribution is 2.37. The first-order valence-electron chi connectivity index (χ1n) is 6.19. The number of ether oxygens (including phenoxy) is 1. The van der Waals surface area contributed by atoms with Crippen molar-refractivity contribution in [1.29, 1.82) is 0 Å². The Kier molecular flexibility index (Phi) is 3.67. The van der Waals surface area contributed by atoms with Crippen LogP contribution in [0.2, 0.25) is 0 Å². The van der Waals surface area contributed by atoms with Gasteiger partial charge in [0.2, 0.25) is 0 Å². The lowest BCUT2D eigenvalue weighted by Crippen LogP contribution is -2.30. The number of para-hydroxylation sites is 1. The molecular weight excluding hydrogens is 217 g/mol. The van der Waals surface area contributed by atoms with E-state index in [0.717, 1.165) is 19.4 Å². The zero-order valence-corrected chi connectivity index (χ0v) is 10.5. The summed E-state index contributed by atoms with van der Waals surface area (Å²) >= 11 is 0. The van der Waals surface area contributed by atoms with E-state index in [2.05, 4.69) is 5.32 Å². The van der Waals surface area contributed by atoms with Crippen LogP contribution in [-0.4, -0.2) is 19.7 Å². The van der Waals surface area contributed by atoms with Gasteiger partial charge < -0.3 is 10.1 Å². The van der Waals surface area contributed by atoms with Gasteiger partial charge in [0, 0.05) is 18.0 Å². The van der Waals surface area contributed by atoms with Gasteiger partial charge in [-0.1, -0.05) is 18.2 Å². The highest BCUT2D eigenvalue weighted by Gasteiger charge is 2.33. The Hall–Kier alpha value is -1.09. The maximum atomic E-state index is 14.8. The summed E-state index contributed by atoms with van der Waals surface area (Å²) in [6.07, 6.45) is 2.72. The van der Waals surface area contributed by atoms with Crippen LogP contribution in [0.4, 0.5) is 4.39 Å². The minimum Gasteiger partial charge on any atom is -0.496 e. The molecule has 1 N–H and O–H groups in total. The van der Waals surface area contributed by atoms with Crippen molar-refractivity contribution in [2.45, 2.75) is 37.9 Å². The Morgan fingerprint density at radius 1 is 1.47 bits per heavy atom. The largest absolute Gasteiger partial charge is 0.496 e. The van der Waals surface area contributed by atoms with Gasteiger partial charge in [-0.05, 0) is 32.4 Å². The maximum absolute atomic E-state index is 14.8. The molecule has 1 fully saturated rings. The van der Waals surface area contributed by atoms with Gasteiger partial charge in [0.05, 0.1) is 7.11 Å². The first kappa shape index (κ1) is 12.4. The summed E-state index contributed by atoms with van der Waals surface area (Å²) in [7, 11) is 1.59. The molecule has 0 spiro atoms. The third-order valence-electron chi connectivity index (χ3n) is 3.46. The second-order valence-electron chi connectivity index (χ2n) is 4.90. The van der Waals surface area contributed by atoms with Crippen LogP contribution in [-0.2, 0) is 5.67 Å². The van der Waals surface area contributed by atoms with Gasteiger partial charge in [-0.3, -0.25) is 0 Å². The van der Waals surface area contributed by atoms with E-state index in [0.29, 0.717) is 17.7 Å². The first-order valence-corrected chi connectivity index (χ1v) is 6.19. The molecule has 3 heteroatoms. The van der Waals surface area contributed by atoms with Crippen molar-refractivity contribution >= 4 is 0 Å². The fourth-order valence-electron chi connectivity index (χ4n) is 2.58. The van der Waals surface area contributed by atoms with Crippen LogP contribution < -0.4 is 10.1 Å². The normalized spacial score (nSPS) is 23.4. The minimum absolute atomic E-state index is 0.287. The van der Waals surface area contributed by atoms with Gasteiger partial charge in [-0.15, -0.1) is 0 Å². The van der Waals surface area contributed by atoms with Crippen LogP contribution in [0.25, 0.3) is 0 Å². The van der Waals surface area contributed by atoms with Crippen LogP contribution in [0.15, 0.2) is 24.3 Å². The second kappa shape index (κ2) is 5.05. The molecule has 1 aromatic carbocycles. The van der Waals surface area contributed by atoms with Gasteiger partial charge in [0.25, 0.3) is 0 Å². The van der Waals surface area contributed by atoms with Crippen LogP contribution in [0.1, 0.15) is 31.7 Å². The number of benzene rings is 1. The highest BCUT2D eigenvalue weighted by atomic mass is 19.1. The predicted octanol–water partition coefficient (Wildman–Crippen LogP) is 3.02. The Balaban J connectivity index is 2.17. The molecular formula is C14H20FNO. The van der Waals surface area contributed by atoms with E-state index in [1.165, 1.54) is 0 Å². The van der Waals surface area contributed by atoms with Gasteiger partial charge in [-0.25, -0.2) is 4.39 Å². The molecule has 0 bridgehead atoms. The number of alkyl halides is 1. The summed E-state index contributed by atoms with van der Waals surface area (Å²) in [6, 6.07) is 7.64. The van der Waals surface area contributed by atoms with E-state index in [1.807, 2.05) is 24.3 Å². The first-order chi connectivity index (χ1) is 8.13. The molecule has 1 aliphatic heterocycles. The van der Waals surface area contributed by atoms with Crippen LogP contribution in [0.3, 0.4) is 0 Å². The van der Waals surface area contributed by atoms with E-state index >= 15 is 0 Å². The zero-order chi connectivity index (χ0) is 12.3. The second-order valence-corrected chi connectivity index (χ2v) is 4.90. The molecule has 1 heterocycles. The molecule has 1 aliphatic rings. The quantitative estimate of drug-likeness (QED) is 0.869. The molecule has 2 rings (SSSR count). The summed E-state index contributed by atoms with van der Waals surface area (Å²) in [6.45, 7) is 2.65. The average molecular weight is 237 g/mol. The number of rotatable bonds is 4. The molecule has 0 saturated carbocycles. The summed E-state index contributed by atoms with van der Waals surface area (Å²) < 4.78 is 20.0. The van der Waals surface area contributed by atoms with Gasteiger partial charge in [-0.2, -0.15) is 0 Å². The summed E-state index contributed by atoms with van der Waals surface area (Å²) in [5.41, 5.74) is -0.689. The lowest BCUT2D eigenvalue weighted by Gasteiger charge is -2.26. The summed E-state index contributed by atoms with van der Waals surface area (Å²) in [4.78, 5) is 0. The Morgan fingerprint density at radius 2 is 2.24 bits per heavy atom. The Morgan fingerprint density at radius 3 is 2.88 bits per heavy atom. The topological polar surface area (TPSA) is 21.3 Å². The molecule has 17 heavy (non-hydrogen) atoms. The van der Waals surface area contributed by atoms with E-state index in [9.17, 15) is 4.39 Å². The molecule has 94 valence electrons. The third-order valence-corrected chi connectivity index (χ3v) is 3.46. The van der Waals surface area contributed by atoms with Crippen molar-refractivity contribution in [3.8, 4) is 5.75 Å². The number of hydrogen-bond donors (Lipinski definition) is 1. The molecule has 2 nitrogen and oxygen atoms in total. The maximum Gasteiger partial charge on any atom is 0.138 e. The fourth-order valence-corrected chi connectivity index (χ4v) is 2.58. The molecule has 1 saturated heterocycles. The molecule has 0 radical (unpaired) electrons. The van der Waals surface area contributed by atoms with Gasteiger partial charge in [0.1, 0.15) is 11.4 Å².